The van der Waals surface area contributed by atoms with Crippen LogP contribution in [0.4, 0.5) is 0 Å². The van der Waals surface area contributed by atoms with Crippen LogP contribution in [0, 0.1) is 6.92 Å². The monoisotopic (exact) mass is 180 g/mol. The van der Waals surface area contributed by atoms with Crippen molar-refractivity contribution in [1.29, 1.82) is 0 Å². The number of aryl methyl sites for hydroxylation is 2. The van der Waals surface area contributed by atoms with Crippen molar-refractivity contribution in [3.05, 3.63) is 28.9 Å². The van der Waals surface area contributed by atoms with Gasteiger partial charge in [0.2, 0.25) is 0 Å². The zero-order chi connectivity index (χ0) is 8.72. The molecule has 0 atom stereocenters. The minimum Gasteiger partial charge on any atom is -0.266 e. The number of hydrogen-bond acceptors (Lipinski definition) is 1. The van der Waals surface area contributed by atoms with Crippen LogP contribution in [0.3, 0.4) is 0 Å². The van der Waals surface area contributed by atoms with Gasteiger partial charge in [0.15, 0.2) is 0 Å². The Morgan fingerprint density at radius 2 is 2.17 bits per heavy atom. The summed E-state index contributed by atoms with van der Waals surface area (Å²) in [7, 11) is 1.90. The number of benzene rings is 1. The Morgan fingerprint density at radius 3 is 2.83 bits per heavy atom. The van der Waals surface area contributed by atoms with E-state index in [1.54, 1.807) is 0 Å². The average Bonchev–Trinajstić information content (AvgIpc) is 2.29. The van der Waals surface area contributed by atoms with E-state index in [2.05, 4.69) is 5.10 Å². The highest BCUT2D eigenvalue weighted by Gasteiger charge is 2.06. The lowest BCUT2D eigenvalue weighted by molar-refractivity contribution is 0.783. The maximum absolute atomic E-state index is 6.01. The van der Waals surface area contributed by atoms with Crippen LogP contribution in [0.15, 0.2) is 18.2 Å². The molecule has 3 heteroatoms. The zero-order valence-electron chi connectivity index (χ0n) is 7.00. The van der Waals surface area contributed by atoms with Crippen molar-refractivity contribution in [2.45, 2.75) is 6.92 Å². The summed E-state index contributed by atoms with van der Waals surface area (Å²) in [6.45, 7) is 1.98. The third-order valence-corrected chi connectivity index (χ3v) is 2.31. The summed E-state index contributed by atoms with van der Waals surface area (Å²) in [5, 5.41) is 6.17. The molecule has 0 fully saturated rings. The van der Waals surface area contributed by atoms with Gasteiger partial charge < -0.3 is 0 Å². The molecule has 0 bridgehead atoms. The van der Waals surface area contributed by atoms with Crippen molar-refractivity contribution >= 4 is 22.5 Å². The van der Waals surface area contributed by atoms with E-state index < -0.39 is 0 Å². The summed E-state index contributed by atoms with van der Waals surface area (Å²) in [6, 6.07) is 5.86. The van der Waals surface area contributed by atoms with Crippen LogP contribution < -0.4 is 0 Å². The van der Waals surface area contributed by atoms with Crippen LogP contribution in [0.5, 0.6) is 0 Å². The van der Waals surface area contributed by atoms with E-state index in [0.29, 0.717) is 0 Å². The topological polar surface area (TPSA) is 17.8 Å². The van der Waals surface area contributed by atoms with Crippen LogP contribution in [0.25, 0.3) is 10.9 Å². The van der Waals surface area contributed by atoms with E-state index in [1.807, 2.05) is 36.9 Å². The first-order valence-corrected chi connectivity index (χ1v) is 4.16. The molecule has 1 aromatic carbocycles. The smallest absolute Gasteiger partial charge is 0.0868 e. The van der Waals surface area contributed by atoms with Crippen LogP contribution in [0.2, 0.25) is 5.02 Å². The molecule has 2 nitrogen and oxygen atoms in total. The molecule has 0 aliphatic carbocycles. The Balaban J connectivity index is 2.99. The van der Waals surface area contributed by atoms with Gasteiger partial charge in [0, 0.05) is 12.4 Å². The summed E-state index contributed by atoms with van der Waals surface area (Å²) in [6.07, 6.45) is 0. The minimum absolute atomic E-state index is 0.760. The lowest BCUT2D eigenvalue weighted by atomic mass is 10.2. The maximum atomic E-state index is 6.01. The largest absolute Gasteiger partial charge is 0.266 e. The quantitative estimate of drug-likeness (QED) is 0.609. The minimum atomic E-state index is 0.760. The molecule has 1 heterocycles. The molecule has 2 rings (SSSR count). The molecule has 0 aliphatic heterocycles. The number of hydrogen-bond donors (Lipinski definition) is 0. The molecule has 12 heavy (non-hydrogen) atoms. The van der Waals surface area contributed by atoms with Crippen molar-refractivity contribution in [3.8, 4) is 0 Å². The molecule has 0 unspecified atom stereocenters. The van der Waals surface area contributed by atoms with E-state index in [9.17, 15) is 0 Å². The van der Waals surface area contributed by atoms with Gasteiger partial charge in [-0.15, -0.1) is 0 Å². The van der Waals surface area contributed by atoms with Gasteiger partial charge in [0.25, 0.3) is 0 Å². The van der Waals surface area contributed by atoms with Crippen LogP contribution in [0.1, 0.15) is 5.69 Å². The summed E-state index contributed by atoms with van der Waals surface area (Å²) in [5.41, 5.74) is 2.03. The molecule has 0 N–H and O–H groups in total. The first-order chi connectivity index (χ1) is 5.70. The average molecular weight is 181 g/mol. The Labute approximate surface area is 75.8 Å². The van der Waals surface area contributed by atoms with Gasteiger partial charge in [-0.05, 0) is 13.0 Å². The van der Waals surface area contributed by atoms with Gasteiger partial charge in [-0.1, -0.05) is 23.7 Å². The molecule has 1 aromatic heterocycles. The number of fused-ring (bicyclic) bond motifs is 1. The second kappa shape index (κ2) is 2.49. The van der Waals surface area contributed by atoms with Gasteiger partial charge in [-0.2, -0.15) is 5.10 Å². The fourth-order valence-electron chi connectivity index (χ4n) is 1.47. The molecule has 0 amide bonds. The molecule has 0 saturated carbocycles. The van der Waals surface area contributed by atoms with Crippen molar-refractivity contribution in [3.63, 3.8) is 0 Å². The van der Waals surface area contributed by atoms with Gasteiger partial charge in [0.1, 0.15) is 0 Å². The Morgan fingerprint density at radius 1 is 1.42 bits per heavy atom. The zero-order valence-corrected chi connectivity index (χ0v) is 7.76. The first-order valence-electron chi connectivity index (χ1n) is 3.78. The van der Waals surface area contributed by atoms with Crippen LogP contribution in [-0.4, -0.2) is 9.78 Å². The predicted molar refractivity (Wildman–Crippen MR) is 50.5 cm³/mol. The summed E-state index contributed by atoms with van der Waals surface area (Å²) >= 11 is 6.01. The van der Waals surface area contributed by atoms with Crippen molar-refractivity contribution in [2.24, 2.45) is 7.05 Å². The fourth-order valence-corrected chi connectivity index (χ4v) is 1.76. The lowest BCUT2D eigenvalue weighted by Crippen LogP contribution is -1.89. The van der Waals surface area contributed by atoms with Gasteiger partial charge in [-0.25, -0.2) is 0 Å². The van der Waals surface area contributed by atoms with Crippen molar-refractivity contribution < 1.29 is 0 Å². The standard InChI is InChI=1S/C9H9ClN2/c1-6-7-4-3-5-8(10)9(7)12(2)11-6/h3-5H,1-2H3. The molecule has 0 spiro atoms. The highest BCUT2D eigenvalue weighted by atomic mass is 35.5. The second-order valence-corrected chi connectivity index (χ2v) is 3.25. The highest BCUT2D eigenvalue weighted by molar-refractivity contribution is 6.35. The number of aromatic nitrogens is 2. The fraction of sp³-hybridized carbons (Fsp3) is 0.222. The highest BCUT2D eigenvalue weighted by Crippen LogP contribution is 2.24. The summed E-state index contributed by atoms with van der Waals surface area (Å²) < 4.78 is 1.81. The van der Waals surface area contributed by atoms with E-state index in [4.69, 9.17) is 11.6 Å². The molecule has 0 saturated heterocycles. The van der Waals surface area contributed by atoms with Crippen LogP contribution >= 0.6 is 11.6 Å². The third-order valence-electron chi connectivity index (χ3n) is 2.00. The Kier molecular flexibility index (Phi) is 1.58. The molecule has 2 aromatic rings. The van der Waals surface area contributed by atoms with E-state index in [-0.39, 0.29) is 0 Å². The van der Waals surface area contributed by atoms with Gasteiger partial charge >= 0.3 is 0 Å². The number of halogens is 1. The molecular weight excluding hydrogens is 172 g/mol. The number of rotatable bonds is 0. The molecule has 0 radical (unpaired) electrons. The van der Waals surface area contributed by atoms with E-state index in [1.165, 1.54) is 0 Å². The maximum Gasteiger partial charge on any atom is 0.0868 e. The molecule has 0 aliphatic rings. The van der Waals surface area contributed by atoms with Gasteiger partial charge in [-0.3, -0.25) is 4.68 Å². The Hall–Kier alpha value is -1.02. The predicted octanol–water partition coefficient (Wildman–Crippen LogP) is 2.54. The third kappa shape index (κ3) is 0.916. The van der Waals surface area contributed by atoms with Crippen molar-refractivity contribution in [2.75, 3.05) is 0 Å². The van der Waals surface area contributed by atoms with E-state index in [0.717, 1.165) is 21.6 Å². The second-order valence-electron chi connectivity index (χ2n) is 2.85. The summed E-state index contributed by atoms with van der Waals surface area (Å²) in [5.74, 6) is 0. The summed E-state index contributed by atoms with van der Waals surface area (Å²) in [4.78, 5) is 0. The van der Waals surface area contributed by atoms with Gasteiger partial charge in [0.05, 0.1) is 16.2 Å². The first kappa shape index (κ1) is 7.62. The van der Waals surface area contributed by atoms with Crippen molar-refractivity contribution in [1.82, 2.24) is 9.78 Å². The SMILES string of the molecule is Cc1nn(C)c2c(Cl)cccc12. The molecular formula is C9H9ClN2. The molecule has 62 valence electrons. The lowest BCUT2D eigenvalue weighted by Gasteiger charge is -1.95. The van der Waals surface area contributed by atoms with E-state index >= 15 is 0 Å². The number of para-hydroxylation sites is 1. The normalized spacial score (nSPS) is 10.9. The number of nitrogens with zero attached hydrogens (tertiary/aromatic N) is 2. The Bertz CT molecular complexity index is 431. The van der Waals surface area contributed by atoms with Crippen LogP contribution in [-0.2, 0) is 7.05 Å².